The molecule has 0 aliphatic carbocycles. The number of benzene rings is 1. The largest absolute Gasteiger partial charge is 0.496 e. The summed E-state index contributed by atoms with van der Waals surface area (Å²) in [6, 6.07) is 9.90. The minimum absolute atomic E-state index is 0.0297. The molecule has 0 bridgehead atoms. The summed E-state index contributed by atoms with van der Waals surface area (Å²) < 4.78 is 5.33. The van der Waals surface area contributed by atoms with Crippen LogP contribution in [0.25, 0.3) is 0 Å². The molecule has 0 spiro atoms. The normalized spacial score (nSPS) is 10.3. The van der Waals surface area contributed by atoms with Gasteiger partial charge in [0.1, 0.15) is 5.75 Å². The van der Waals surface area contributed by atoms with Crippen LogP contribution in [-0.2, 0) is 6.54 Å². The molecule has 0 amide bonds. The number of hydrogen-bond donors (Lipinski definition) is 0. The molecule has 0 saturated heterocycles. The van der Waals surface area contributed by atoms with Crippen molar-refractivity contribution in [2.75, 3.05) is 18.6 Å². The summed E-state index contributed by atoms with van der Waals surface area (Å²) in [7, 11) is 1.60. The van der Waals surface area contributed by atoms with E-state index in [2.05, 4.69) is 23.3 Å². The van der Waals surface area contributed by atoms with Gasteiger partial charge in [-0.25, -0.2) is 0 Å². The van der Waals surface area contributed by atoms with Crippen molar-refractivity contribution in [2.24, 2.45) is 0 Å². The highest BCUT2D eigenvalue weighted by atomic mass is 32.1. The van der Waals surface area contributed by atoms with Crippen molar-refractivity contribution in [2.45, 2.75) is 20.4 Å². The summed E-state index contributed by atoms with van der Waals surface area (Å²) in [5.74, 6) is 0.668. The van der Waals surface area contributed by atoms with Gasteiger partial charge < -0.3 is 9.64 Å². The summed E-state index contributed by atoms with van der Waals surface area (Å²) in [6.45, 7) is 5.32. The molecule has 1 aromatic carbocycles. The summed E-state index contributed by atoms with van der Waals surface area (Å²) in [4.78, 5) is 15.4. The number of nitrogens with zero attached hydrogens (tertiary/aromatic N) is 1. The van der Waals surface area contributed by atoms with E-state index in [1.165, 1.54) is 4.88 Å². The standard InChI is InChI=1S/C16H19NO2S/c1-4-17(11-13-7-6-10-20-13)14-8-5-9-15(19-3)16(14)12(2)18/h5-10H,4,11H2,1-3H3. The number of ether oxygens (including phenoxy) is 1. The van der Waals surface area contributed by atoms with Crippen LogP contribution in [0.3, 0.4) is 0 Å². The Hall–Kier alpha value is -1.81. The van der Waals surface area contributed by atoms with Crippen molar-refractivity contribution in [3.63, 3.8) is 0 Å². The van der Waals surface area contributed by atoms with Gasteiger partial charge in [-0.1, -0.05) is 12.1 Å². The first-order chi connectivity index (χ1) is 9.67. The van der Waals surface area contributed by atoms with E-state index in [0.29, 0.717) is 11.3 Å². The second-order valence-electron chi connectivity index (χ2n) is 4.50. The molecule has 0 fully saturated rings. The van der Waals surface area contributed by atoms with E-state index in [4.69, 9.17) is 4.74 Å². The van der Waals surface area contributed by atoms with Crippen molar-refractivity contribution in [1.82, 2.24) is 0 Å². The molecule has 0 unspecified atom stereocenters. The number of hydrogen-bond acceptors (Lipinski definition) is 4. The van der Waals surface area contributed by atoms with Crippen LogP contribution in [0.4, 0.5) is 5.69 Å². The topological polar surface area (TPSA) is 29.5 Å². The smallest absolute Gasteiger partial charge is 0.165 e. The Morgan fingerprint density at radius 1 is 1.30 bits per heavy atom. The number of ketones is 1. The highest BCUT2D eigenvalue weighted by Crippen LogP contribution is 2.31. The predicted octanol–water partition coefficient (Wildman–Crippen LogP) is 3.99. The number of anilines is 1. The SMILES string of the molecule is CCN(Cc1cccs1)c1cccc(OC)c1C(C)=O. The summed E-state index contributed by atoms with van der Waals surface area (Å²) in [5, 5.41) is 2.07. The lowest BCUT2D eigenvalue weighted by Gasteiger charge is -2.25. The first-order valence-electron chi connectivity index (χ1n) is 6.62. The molecule has 1 aromatic heterocycles. The van der Waals surface area contributed by atoms with Gasteiger partial charge in [0.25, 0.3) is 0 Å². The van der Waals surface area contributed by atoms with Crippen LogP contribution >= 0.6 is 11.3 Å². The molecule has 20 heavy (non-hydrogen) atoms. The van der Waals surface area contributed by atoms with Gasteiger partial charge >= 0.3 is 0 Å². The van der Waals surface area contributed by atoms with Crippen LogP contribution in [0.2, 0.25) is 0 Å². The molecule has 4 heteroatoms. The molecule has 2 rings (SSSR count). The van der Waals surface area contributed by atoms with E-state index in [1.807, 2.05) is 24.3 Å². The molecule has 0 aliphatic rings. The maximum Gasteiger partial charge on any atom is 0.165 e. The molecule has 0 radical (unpaired) electrons. The first kappa shape index (κ1) is 14.6. The molecule has 2 aromatic rings. The second-order valence-corrected chi connectivity index (χ2v) is 5.54. The number of methoxy groups -OCH3 is 1. The maximum atomic E-state index is 12.0. The van der Waals surface area contributed by atoms with Crippen molar-refractivity contribution < 1.29 is 9.53 Å². The van der Waals surface area contributed by atoms with Gasteiger partial charge in [-0.15, -0.1) is 11.3 Å². The fourth-order valence-electron chi connectivity index (χ4n) is 2.27. The van der Waals surface area contributed by atoms with Gasteiger partial charge in [-0.05, 0) is 37.4 Å². The average Bonchev–Trinajstić information content (AvgIpc) is 2.96. The van der Waals surface area contributed by atoms with Gasteiger partial charge in [0.05, 0.1) is 24.9 Å². The Morgan fingerprint density at radius 2 is 2.10 bits per heavy atom. The third-order valence-electron chi connectivity index (χ3n) is 3.23. The van der Waals surface area contributed by atoms with Crippen molar-refractivity contribution in [3.05, 3.63) is 46.2 Å². The monoisotopic (exact) mass is 289 g/mol. The molecule has 0 N–H and O–H groups in total. The zero-order chi connectivity index (χ0) is 14.5. The number of carbonyl (C=O) groups excluding carboxylic acids is 1. The minimum Gasteiger partial charge on any atom is -0.496 e. The first-order valence-corrected chi connectivity index (χ1v) is 7.50. The van der Waals surface area contributed by atoms with Crippen molar-refractivity contribution in [1.29, 1.82) is 0 Å². The number of thiophene rings is 1. The Bertz CT molecular complexity index is 578. The second kappa shape index (κ2) is 6.57. The predicted molar refractivity (Wildman–Crippen MR) is 84.0 cm³/mol. The lowest BCUT2D eigenvalue weighted by molar-refractivity contribution is 0.101. The minimum atomic E-state index is 0.0297. The van der Waals surface area contributed by atoms with Crippen LogP contribution in [-0.4, -0.2) is 19.4 Å². The summed E-state index contributed by atoms with van der Waals surface area (Å²) in [6.07, 6.45) is 0. The molecular weight excluding hydrogens is 270 g/mol. The van der Waals surface area contributed by atoms with Crippen molar-refractivity contribution in [3.8, 4) is 5.75 Å². The van der Waals surface area contributed by atoms with Crippen LogP contribution in [0.1, 0.15) is 29.1 Å². The number of rotatable bonds is 6. The summed E-state index contributed by atoms with van der Waals surface area (Å²) in [5.41, 5.74) is 1.60. The lowest BCUT2D eigenvalue weighted by atomic mass is 10.1. The van der Waals surface area contributed by atoms with Crippen LogP contribution in [0.15, 0.2) is 35.7 Å². The van der Waals surface area contributed by atoms with Gasteiger partial charge in [-0.3, -0.25) is 4.79 Å². The van der Waals surface area contributed by atoms with Crippen molar-refractivity contribution >= 4 is 22.8 Å². The fraction of sp³-hybridized carbons (Fsp3) is 0.312. The maximum absolute atomic E-state index is 12.0. The van der Waals surface area contributed by atoms with E-state index < -0.39 is 0 Å². The zero-order valence-electron chi connectivity index (χ0n) is 12.1. The van der Waals surface area contributed by atoms with E-state index >= 15 is 0 Å². The molecule has 0 saturated carbocycles. The Morgan fingerprint density at radius 3 is 2.65 bits per heavy atom. The lowest BCUT2D eigenvalue weighted by Crippen LogP contribution is -2.23. The van der Waals surface area contributed by atoms with Crippen LogP contribution in [0, 0.1) is 0 Å². The molecule has 0 atom stereocenters. The molecule has 3 nitrogen and oxygen atoms in total. The Kier molecular flexibility index (Phi) is 4.79. The molecular formula is C16H19NO2S. The van der Waals surface area contributed by atoms with E-state index in [-0.39, 0.29) is 5.78 Å². The third kappa shape index (κ3) is 3.02. The Labute approximate surface area is 123 Å². The average molecular weight is 289 g/mol. The molecule has 1 heterocycles. The van der Waals surface area contributed by atoms with Crippen LogP contribution < -0.4 is 9.64 Å². The van der Waals surface area contributed by atoms with E-state index in [9.17, 15) is 4.79 Å². The highest BCUT2D eigenvalue weighted by molar-refractivity contribution is 7.09. The third-order valence-corrected chi connectivity index (χ3v) is 4.09. The molecule has 106 valence electrons. The van der Waals surface area contributed by atoms with Gasteiger partial charge in [0.15, 0.2) is 5.78 Å². The van der Waals surface area contributed by atoms with Crippen LogP contribution in [0.5, 0.6) is 5.75 Å². The number of carbonyl (C=O) groups is 1. The highest BCUT2D eigenvalue weighted by Gasteiger charge is 2.18. The number of Topliss-reactive ketones (excluding diaryl/α,β-unsaturated/α-hetero) is 1. The summed E-state index contributed by atoms with van der Waals surface area (Å²) >= 11 is 1.73. The molecule has 0 aliphatic heterocycles. The van der Waals surface area contributed by atoms with Gasteiger partial charge in [0.2, 0.25) is 0 Å². The quantitative estimate of drug-likeness (QED) is 0.753. The Balaban J connectivity index is 2.41. The van der Waals surface area contributed by atoms with E-state index in [0.717, 1.165) is 18.8 Å². The van der Waals surface area contributed by atoms with Gasteiger partial charge in [0, 0.05) is 11.4 Å². The van der Waals surface area contributed by atoms with Gasteiger partial charge in [-0.2, -0.15) is 0 Å². The van der Waals surface area contributed by atoms with E-state index in [1.54, 1.807) is 25.4 Å². The fourth-order valence-corrected chi connectivity index (χ4v) is 2.98. The zero-order valence-corrected chi connectivity index (χ0v) is 12.9.